The molecule has 0 bridgehead atoms. The van der Waals surface area contributed by atoms with E-state index in [2.05, 4.69) is 10.2 Å². The maximum absolute atomic E-state index is 12.9. The smallest absolute Gasteiger partial charge is 0.152 e. The Kier molecular flexibility index (Phi) is 2.64. The molecule has 0 atom stereocenters. The molecule has 2 rings (SSSR count). The second-order valence-corrected chi connectivity index (χ2v) is 3.15. The lowest BCUT2D eigenvalue weighted by molar-refractivity contribution is 0.581. The highest BCUT2D eigenvalue weighted by Crippen LogP contribution is 2.14. The molecule has 0 aliphatic carbocycles. The molecule has 2 aromatic rings. The molecule has 0 aliphatic heterocycles. The van der Waals surface area contributed by atoms with E-state index in [0.29, 0.717) is 11.5 Å². The zero-order valence-corrected chi connectivity index (χ0v) is 8.25. The van der Waals surface area contributed by atoms with Crippen LogP contribution < -0.4 is 0 Å². The average molecular weight is 230 g/mol. The molecule has 0 aliphatic rings. The van der Waals surface area contributed by atoms with Gasteiger partial charge in [-0.2, -0.15) is 0 Å². The van der Waals surface area contributed by atoms with Crippen molar-refractivity contribution in [2.45, 2.75) is 5.88 Å². The van der Waals surface area contributed by atoms with Crippen molar-refractivity contribution in [1.29, 1.82) is 0 Å². The highest BCUT2D eigenvalue weighted by atomic mass is 35.5. The standard InChI is InChI=1S/C9H6ClF2N3/c10-4-9-14-13-5-15(9)8-2-6(11)1-7(12)3-8/h1-3,5H,4H2. The molecule has 78 valence electrons. The molecule has 0 fully saturated rings. The van der Waals surface area contributed by atoms with E-state index in [9.17, 15) is 8.78 Å². The highest BCUT2D eigenvalue weighted by Gasteiger charge is 2.07. The number of hydrogen-bond donors (Lipinski definition) is 0. The molecule has 0 spiro atoms. The Bertz CT molecular complexity index is 464. The summed E-state index contributed by atoms with van der Waals surface area (Å²) in [4.78, 5) is 0. The van der Waals surface area contributed by atoms with Gasteiger partial charge < -0.3 is 0 Å². The van der Waals surface area contributed by atoms with Crippen LogP contribution in [0.25, 0.3) is 5.69 Å². The van der Waals surface area contributed by atoms with Crippen LogP contribution in [0.15, 0.2) is 24.5 Å². The molecular formula is C9H6ClF2N3. The third-order valence-corrected chi connectivity index (χ3v) is 2.10. The van der Waals surface area contributed by atoms with E-state index in [1.54, 1.807) is 0 Å². The van der Waals surface area contributed by atoms with Crippen LogP contribution in [0.3, 0.4) is 0 Å². The van der Waals surface area contributed by atoms with Gasteiger partial charge in [0.2, 0.25) is 0 Å². The second kappa shape index (κ2) is 3.94. The van der Waals surface area contributed by atoms with E-state index in [4.69, 9.17) is 11.6 Å². The van der Waals surface area contributed by atoms with Gasteiger partial charge in [0, 0.05) is 6.07 Å². The monoisotopic (exact) mass is 229 g/mol. The first-order valence-corrected chi connectivity index (χ1v) is 4.65. The number of alkyl halides is 1. The number of hydrogen-bond acceptors (Lipinski definition) is 2. The quantitative estimate of drug-likeness (QED) is 0.740. The van der Waals surface area contributed by atoms with E-state index in [0.717, 1.165) is 6.07 Å². The third-order valence-electron chi connectivity index (χ3n) is 1.86. The Hall–Kier alpha value is -1.49. The Morgan fingerprint density at radius 2 is 1.87 bits per heavy atom. The number of nitrogens with zero attached hydrogens (tertiary/aromatic N) is 3. The molecule has 0 saturated carbocycles. The van der Waals surface area contributed by atoms with Crippen molar-refractivity contribution in [3.63, 3.8) is 0 Å². The minimum atomic E-state index is -0.653. The van der Waals surface area contributed by atoms with Gasteiger partial charge in [0.1, 0.15) is 18.0 Å². The summed E-state index contributed by atoms with van der Waals surface area (Å²) in [5.41, 5.74) is 0.313. The van der Waals surface area contributed by atoms with Crippen LogP contribution in [0, 0.1) is 11.6 Å². The van der Waals surface area contributed by atoms with Crippen LogP contribution in [0.5, 0.6) is 0 Å². The number of halogens is 3. The predicted octanol–water partition coefficient (Wildman–Crippen LogP) is 2.28. The summed E-state index contributed by atoms with van der Waals surface area (Å²) in [6, 6.07) is 3.17. The van der Waals surface area contributed by atoms with Gasteiger partial charge >= 0.3 is 0 Å². The van der Waals surface area contributed by atoms with Crippen molar-refractivity contribution in [2.24, 2.45) is 0 Å². The van der Waals surface area contributed by atoms with Crippen molar-refractivity contribution in [2.75, 3.05) is 0 Å². The van der Waals surface area contributed by atoms with E-state index in [1.165, 1.54) is 23.0 Å². The van der Waals surface area contributed by atoms with Gasteiger partial charge in [0.05, 0.1) is 11.6 Å². The lowest BCUT2D eigenvalue weighted by Crippen LogP contribution is -1.99. The van der Waals surface area contributed by atoms with E-state index in [-0.39, 0.29) is 5.88 Å². The van der Waals surface area contributed by atoms with Gasteiger partial charge in [0.15, 0.2) is 5.82 Å². The third kappa shape index (κ3) is 1.97. The van der Waals surface area contributed by atoms with Crippen LogP contribution >= 0.6 is 11.6 Å². The molecule has 1 aromatic heterocycles. The van der Waals surface area contributed by atoms with Crippen LogP contribution in [0.4, 0.5) is 8.78 Å². The summed E-state index contributed by atoms with van der Waals surface area (Å²) in [5, 5.41) is 7.32. The molecule has 1 aromatic carbocycles. The Morgan fingerprint density at radius 1 is 1.20 bits per heavy atom. The van der Waals surface area contributed by atoms with Gasteiger partial charge in [-0.3, -0.25) is 4.57 Å². The molecule has 0 radical (unpaired) electrons. The molecular weight excluding hydrogens is 224 g/mol. The molecule has 0 saturated heterocycles. The Morgan fingerprint density at radius 3 is 2.47 bits per heavy atom. The summed E-state index contributed by atoms with van der Waals surface area (Å²) in [6.45, 7) is 0. The van der Waals surface area contributed by atoms with Gasteiger partial charge in [-0.25, -0.2) is 8.78 Å². The van der Waals surface area contributed by atoms with Crippen LogP contribution in [0.1, 0.15) is 5.82 Å². The van der Waals surface area contributed by atoms with Crippen molar-refractivity contribution >= 4 is 11.6 Å². The summed E-state index contributed by atoms with van der Waals surface area (Å²) < 4.78 is 27.3. The molecule has 3 nitrogen and oxygen atoms in total. The maximum atomic E-state index is 12.9. The first-order valence-electron chi connectivity index (χ1n) is 4.12. The van der Waals surface area contributed by atoms with E-state index < -0.39 is 11.6 Å². The zero-order chi connectivity index (χ0) is 10.8. The lowest BCUT2D eigenvalue weighted by Gasteiger charge is -2.04. The van der Waals surface area contributed by atoms with Crippen LogP contribution in [-0.4, -0.2) is 14.8 Å². The van der Waals surface area contributed by atoms with Crippen molar-refractivity contribution in [3.05, 3.63) is 42.0 Å². The molecule has 0 amide bonds. The largest absolute Gasteiger partial charge is 0.284 e. The summed E-state index contributed by atoms with van der Waals surface area (Å²) in [6.07, 6.45) is 1.35. The van der Waals surface area contributed by atoms with Crippen molar-refractivity contribution in [3.8, 4) is 5.69 Å². The fraction of sp³-hybridized carbons (Fsp3) is 0.111. The fourth-order valence-electron chi connectivity index (χ4n) is 1.24. The molecule has 0 N–H and O–H groups in total. The summed E-state index contributed by atoms with van der Waals surface area (Å²) >= 11 is 5.59. The topological polar surface area (TPSA) is 30.7 Å². The Labute approximate surface area is 89.3 Å². The molecule has 0 unspecified atom stereocenters. The van der Waals surface area contributed by atoms with E-state index >= 15 is 0 Å². The molecule has 15 heavy (non-hydrogen) atoms. The number of benzene rings is 1. The fourth-order valence-corrected chi connectivity index (χ4v) is 1.43. The van der Waals surface area contributed by atoms with Gasteiger partial charge in [0.25, 0.3) is 0 Å². The molecule has 1 heterocycles. The zero-order valence-electron chi connectivity index (χ0n) is 7.49. The van der Waals surface area contributed by atoms with Crippen LogP contribution in [0.2, 0.25) is 0 Å². The van der Waals surface area contributed by atoms with E-state index in [1.807, 2.05) is 0 Å². The second-order valence-electron chi connectivity index (χ2n) is 2.88. The maximum Gasteiger partial charge on any atom is 0.152 e. The van der Waals surface area contributed by atoms with Gasteiger partial charge in [-0.15, -0.1) is 21.8 Å². The van der Waals surface area contributed by atoms with Crippen molar-refractivity contribution in [1.82, 2.24) is 14.8 Å². The lowest BCUT2D eigenvalue weighted by atomic mass is 10.3. The minimum absolute atomic E-state index is 0.123. The predicted molar refractivity (Wildman–Crippen MR) is 50.8 cm³/mol. The Balaban J connectivity index is 2.53. The number of rotatable bonds is 2. The first kappa shape index (κ1) is 10.0. The summed E-state index contributed by atoms with van der Waals surface area (Å²) in [5.74, 6) is -0.752. The van der Waals surface area contributed by atoms with Gasteiger partial charge in [-0.05, 0) is 12.1 Å². The minimum Gasteiger partial charge on any atom is -0.284 e. The van der Waals surface area contributed by atoms with Crippen molar-refractivity contribution < 1.29 is 8.78 Å². The van der Waals surface area contributed by atoms with Gasteiger partial charge in [-0.1, -0.05) is 0 Å². The summed E-state index contributed by atoms with van der Waals surface area (Å²) in [7, 11) is 0. The number of aromatic nitrogens is 3. The molecule has 6 heteroatoms. The highest BCUT2D eigenvalue weighted by molar-refractivity contribution is 6.16. The normalized spacial score (nSPS) is 10.6. The first-order chi connectivity index (χ1) is 7.20. The van der Waals surface area contributed by atoms with Crippen LogP contribution in [-0.2, 0) is 5.88 Å². The average Bonchev–Trinajstić information content (AvgIpc) is 2.63. The SMILES string of the molecule is Fc1cc(F)cc(-n2cnnc2CCl)c1.